The smallest absolute Gasteiger partial charge is 0.231 e. The fourth-order valence-electron chi connectivity index (χ4n) is 2.37. The highest BCUT2D eigenvalue weighted by atomic mass is 16.2. The number of nitriles is 1. The van der Waals surface area contributed by atoms with Crippen LogP contribution in [0.5, 0.6) is 0 Å². The summed E-state index contributed by atoms with van der Waals surface area (Å²) in [5.41, 5.74) is 6.68. The van der Waals surface area contributed by atoms with Crippen LogP contribution in [0.1, 0.15) is 33.6 Å². The number of carbonyl (C=O) groups is 1. The van der Waals surface area contributed by atoms with Gasteiger partial charge in [-0.1, -0.05) is 39.0 Å². The highest BCUT2D eigenvalue weighted by molar-refractivity contribution is 5.95. The number of benzene rings is 1. The van der Waals surface area contributed by atoms with E-state index in [1.54, 1.807) is 4.90 Å². The molecule has 114 valence electrons. The molecule has 1 atom stereocenters. The molecule has 0 aromatic heterocycles. The molecule has 1 amide bonds. The van der Waals surface area contributed by atoms with Crippen molar-refractivity contribution in [1.29, 1.82) is 5.26 Å². The van der Waals surface area contributed by atoms with Crippen LogP contribution >= 0.6 is 0 Å². The highest BCUT2D eigenvalue weighted by Gasteiger charge is 2.28. The van der Waals surface area contributed by atoms with Gasteiger partial charge in [0.1, 0.15) is 0 Å². The van der Waals surface area contributed by atoms with Crippen LogP contribution in [0.4, 0.5) is 5.69 Å². The molecule has 4 nitrogen and oxygen atoms in total. The first-order valence-corrected chi connectivity index (χ1v) is 7.32. The van der Waals surface area contributed by atoms with Crippen LogP contribution in [-0.4, -0.2) is 19.0 Å². The van der Waals surface area contributed by atoms with Gasteiger partial charge in [0.25, 0.3) is 0 Å². The minimum atomic E-state index is -0.219. The molecule has 0 saturated heterocycles. The van der Waals surface area contributed by atoms with Crippen molar-refractivity contribution in [2.45, 2.75) is 33.6 Å². The summed E-state index contributed by atoms with van der Waals surface area (Å²) in [5.74, 6) is -0.210. The van der Waals surface area contributed by atoms with Gasteiger partial charge in [-0.3, -0.25) is 4.79 Å². The number of nitrogens with two attached hydrogens (primary N) is 1. The van der Waals surface area contributed by atoms with Gasteiger partial charge in [0.05, 0.1) is 18.4 Å². The molecule has 1 aromatic carbocycles. The van der Waals surface area contributed by atoms with Crippen molar-refractivity contribution in [3.8, 4) is 6.07 Å². The molecule has 0 fully saturated rings. The van der Waals surface area contributed by atoms with Crippen LogP contribution in [0, 0.1) is 22.7 Å². The van der Waals surface area contributed by atoms with Crippen molar-refractivity contribution in [3.05, 3.63) is 30.3 Å². The van der Waals surface area contributed by atoms with E-state index in [1.165, 1.54) is 0 Å². The number of nitrogens with zero attached hydrogens (tertiary/aromatic N) is 2. The zero-order valence-electron chi connectivity index (χ0n) is 13.2. The van der Waals surface area contributed by atoms with Gasteiger partial charge in [-0.05, 0) is 24.0 Å². The summed E-state index contributed by atoms with van der Waals surface area (Å²) in [5, 5.41) is 8.81. The fourth-order valence-corrected chi connectivity index (χ4v) is 2.37. The van der Waals surface area contributed by atoms with Gasteiger partial charge < -0.3 is 10.6 Å². The first kappa shape index (κ1) is 17.2. The van der Waals surface area contributed by atoms with E-state index in [0.717, 1.165) is 12.1 Å². The lowest BCUT2D eigenvalue weighted by Crippen LogP contribution is -2.41. The number of amides is 1. The van der Waals surface area contributed by atoms with Crippen LogP contribution in [0.25, 0.3) is 0 Å². The maximum Gasteiger partial charge on any atom is 0.231 e. The number of rotatable bonds is 6. The quantitative estimate of drug-likeness (QED) is 0.874. The first-order valence-electron chi connectivity index (χ1n) is 7.32. The van der Waals surface area contributed by atoms with E-state index in [-0.39, 0.29) is 17.2 Å². The predicted molar refractivity (Wildman–Crippen MR) is 85.6 cm³/mol. The monoisotopic (exact) mass is 287 g/mol. The van der Waals surface area contributed by atoms with E-state index < -0.39 is 0 Å². The van der Waals surface area contributed by atoms with E-state index in [9.17, 15) is 4.79 Å². The summed E-state index contributed by atoms with van der Waals surface area (Å²) in [4.78, 5) is 14.5. The molecule has 4 heteroatoms. The Labute approximate surface area is 127 Å². The second-order valence-electron chi connectivity index (χ2n) is 6.43. The molecular formula is C17H25N3O. The van der Waals surface area contributed by atoms with Crippen molar-refractivity contribution < 1.29 is 4.79 Å². The topological polar surface area (TPSA) is 70.1 Å². The molecule has 0 spiro atoms. The van der Waals surface area contributed by atoms with Gasteiger partial charge in [-0.2, -0.15) is 5.26 Å². The number of para-hydroxylation sites is 1. The number of anilines is 1. The number of hydrogen-bond donors (Lipinski definition) is 1. The zero-order chi connectivity index (χ0) is 15.9. The maximum atomic E-state index is 12.8. The molecule has 1 unspecified atom stereocenters. The molecule has 21 heavy (non-hydrogen) atoms. The molecule has 1 aromatic rings. The van der Waals surface area contributed by atoms with Crippen LogP contribution in [0.2, 0.25) is 0 Å². The summed E-state index contributed by atoms with van der Waals surface area (Å²) in [6, 6.07) is 11.6. The lowest BCUT2D eigenvalue weighted by atomic mass is 9.84. The number of hydrogen-bond acceptors (Lipinski definition) is 3. The van der Waals surface area contributed by atoms with Crippen LogP contribution in [0.3, 0.4) is 0 Å². The van der Waals surface area contributed by atoms with Gasteiger partial charge >= 0.3 is 0 Å². The first-order chi connectivity index (χ1) is 9.89. The summed E-state index contributed by atoms with van der Waals surface area (Å²) in [7, 11) is 0. The Bertz CT molecular complexity index is 485. The molecule has 0 aliphatic carbocycles. The van der Waals surface area contributed by atoms with Crippen LogP contribution in [-0.2, 0) is 4.79 Å². The minimum absolute atomic E-state index is 0.00822. The summed E-state index contributed by atoms with van der Waals surface area (Å²) < 4.78 is 0. The molecule has 0 saturated carbocycles. The second kappa shape index (κ2) is 7.80. The van der Waals surface area contributed by atoms with E-state index in [0.29, 0.717) is 19.5 Å². The Balaban J connectivity index is 2.96. The molecule has 0 bridgehead atoms. The lowest BCUT2D eigenvalue weighted by Gasteiger charge is -2.30. The molecular weight excluding hydrogens is 262 g/mol. The zero-order valence-corrected chi connectivity index (χ0v) is 13.2. The summed E-state index contributed by atoms with van der Waals surface area (Å²) >= 11 is 0. The largest absolute Gasteiger partial charge is 0.330 e. The highest BCUT2D eigenvalue weighted by Crippen LogP contribution is 2.27. The van der Waals surface area contributed by atoms with Crippen molar-refractivity contribution >= 4 is 11.6 Å². The lowest BCUT2D eigenvalue weighted by molar-refractivity contribution is -0.123. The average molecular weight is 287 g/mol. The molecule has 0 aliphatic heterocycles. The summed E-state index contributed by atoms with van der Waals surface area (Å²) in [6.07, 6.45) is 1.05. The average Bonchev–Trinajstić information content (AvgIpc) is 2.45. The van der Waals surface area contributed by atoms with Crippen LogP contribution < -0.4 is 10.6 Å². The Morgan fingerprint density at radius 2 is 1.95 bits per heavy atom. The molecule has 2 N–H and O–H groups in total. The SMILES string of the molecule is CC(C)(C)CC(CN)C(=O)N(CCC#N)c1ccccc1. The van der Waals surface area contributed by atoms with Gasteiger partial charge in [-0.25, -0.2) is 0 Å². The molecule has 0 radical (unpaired) electrons. The Morgan fingerprint density at radius 1 is 1.33 bits per heavy atom. The van der Waals surface area contributed by atoms with E-state index >= 15 is 0 Å². The predicted octanol–water partition coefficient (Wildman–Crippen LogP) is 2.94. The van der Waals surface area contributed by atoms with Crippen LogP contribution in [0.15, 0.2) is 30.3 Å². The summed E-state index contributed by atoms with van der Waals surface area (Å²) in [6.45, 7) is 7.03. The molecule has 1 rings (SSSR count). The normalized spacial score (nSPS) is 12.5. The third-order valence-electron chi connectivity index (χ3n) is 3.27. The molecule has 0 aliphatic rings. The van der Waals surface area contributed by atoms with Crippen molar-refractivity contribution in [2.24, 2.45) is 17.1 Å². The van der Waals surface area contributed by atoms with E-state index in [2.05, 4.69) is 26.8 Å². The van der Waals surface area contributed by atoms with Crippen molar-refractivity contribution in [2.75, 3.05) is 18.0 Å². The van der Waals surface area contributed by atoms with Crippen molar-refractivity contribution in [1.82, 2.24) is 0 Å². The Morgan fingerprint density at radius 3 is 2.43 bits per heavy atom. The Kier molecular flexibility index (Phi) is 6.39. The van der Waals surface area contributed by atoms with E-state index in [4.69, 9.17) is 11.0 Å². The van der Waals surface area contributed by atoms with Gasteiger partial charge in [0.15, 0.2) is 0 Å². The van der Waals surface area contributed by atoms with E-state index in [1.807, 2.05) is 30.3 Å². The third kappa shape index (κ3) is 5.57. The fraction of sp³-hybridized carbons (Fsp3) is 0.529. The van der Waals surface area contributed by atoms with Gasteiger partial charge in [0, 0.05) is 18.8 Å². The standard InChI is InChI=1S/C17H25N3O/c1-17(2,3)12-14(13-19)16(21)20(11-7-10-18)15-8-5-4-6-9-15/h4-6,8-9,14H,7,11-13,19H2,1-3H3. The molecule has 0 heterocycles. The maximum absolute atomic E-state index is 12.8. The minimum Gasteiger partial charge on any atom is -0.330 e. The Hall–Kier alpha value is -1.86. The number of carbonyl (C=O) groups excluding carboxylic acids is 1. The second-order valence-corrected chi connectivity index (χ2v) is 6.43. The van der Waals surface area contributed by atoms with Gasteiger partial charge in [-0.15, -0.1) is 0 Å². The third-order valence-corrected chi connectivity index (χ3v) is 3.27. The van der Waals surface area contributed by atoms with Gasteiger partial charge in [0.2, 0.25) is 5.91 Å². The van der Waals surface area contributed by atoms with Crippen molar-refractivity contribution in [3.63, 3.8) is 0 Å².